The summed E-state index contributed by atoms with van der Waals surface area (Å²) in [5, 5.41) is 0. The standard InChI is InChI=1S/C9H11N3O2/c10-8-5-11-2-1-7(8)6-12-3-4-14-9(12)13/h1-2,5H,3-4,6,10H2. The predicted molar refractivity (Wildman–Crippen MR) is 50.4 cm³/mol. The fourth-order valence-corrected chi connectivity index (χ4v) is 1.35. The van der Waals surface area contributed by atoms with E-state index in [0.717, 1.165) is 5.56 Å². The van der Waals surface area contributed by atoms with Gasteiger partial charge in [-0.25, -0.2) is 4.79 Å². The SMILES string of the molecule is Nc1cnccc1CN1CCOC1=O. The summed E-state index contributed by atoms with van der Waals surface area (Å²) in [4.78, 5) is 16.6. The number of nitrogens with zero attached hydrogens (tertiary/aromatic N) is 2. The van der Waals surface area contributed by atoms with E-state index >= 15 is 0 Å². The topological polar surface area (TPSA) is 68.4 Å². The molecule has 1 amide bonds. The molecule has 0 radical (unpaired) electrons. The van der Waals surface area contributed by atoms with Crippen LogP contribution in [0.4, 0.5) is 10.5 Å². The van der Waals surface area contributed by atoms with Crippen LogP contribution >= 0.6 is 0 Å². The number of ether oxygens (including phenoxy) is 1. The van der Waals surface area contributed by atoms with Crippen molar-refractivity contribution in [1.82, 2.24) is 9.88 Å². The Balaban J connectivity index is 2.10. The van der Waals surface area contributed by atoms with Crippen LogP contribution in [-0.2, 0) is 11.3 Å². The summed E-state index contributed by atoms with van der Waals surface area (Å²) in [7, 11) is 0. The number of nitrogens with two attached hydrogens (primary N) is 1. The monoisotopic (exact) mass is 193 g/mol. The van der Waals surface area contributed by atoms with E-state index in [4.69, 9.17) is 10.5 Å². The van der Waals surface area contributed by atoms with E-state index < -0.39 is 0 Å². The molecule has 1 aromatic heterocycles. The number of carbonyl (C=O) groups excluding carboxylic acids is 1. The zero-order valence-electron chi connectivity index (χ0n) is 7.64. The van der Waals surface area contributed by atoms with Crippen molar-refractivity contribution in [3.05, 3.63) is 24.0 Å². The number of rotatable bonds is 2. The van der Waals surface area contributed by atoms with E-state index in [1.807, 2.05) is 0 Å². The second-order valence-corrected chi connectivity index (χ2v) is 3.11. The lowest BCUT2D eigenvalue weighted by molar-refractivity contribution is 0.157. The maximum absolute atomic E-state index is 11.1. The van der Waals surface area contributed by atoms with Crippen LogP contribution in [0, 0.1) is 0 Å². The zero-order chi connectivity index (χ0) is 9.97. The van der Waals surface area contributed by atoms with Gasteiger partial charge in [0, 0.05) is 6.20 Å². The third kappa shape index (κ3) is 1.61. The highest BCUT2D eigenvalue weighted by atomic mass is 16.6. The molecule has 1 aromatic rings. The van der Waals surface area contributed by atoms with Crippen LogP contribution in [0.3, 0.4) is 0 Å². The summed E-state index contributed by atoms with van der Waals surface area (Å²) < 4.78 is 4.81. The molecule has 5 nitrogen and oxygen atoms in total. The first kappa shape index (κ1) is 8.80. The maximum Gasteiger partial charge on any atom is 0.410 e. The number of pyridine rings is 1. The van der Waals surface area contributed by atoms with Crippen LogP contribution < -0.4 is 5.73 Å². The van der Waals surface area contributed by atoms with Gasteiger partial charge in [0.1, 0.15) is 6.61 Å². The van der Waals surface area contributed by atoms with Crippen molar-refractivity contribution in [2.75, 3.05) is 18.9 Å². The van der Waals surface area contributed by atoms with Crippen molar-refractivity contribution >= 4 is 11.8 Å². The minimum absolute atomic E-state index is 0.277. The summed E-state index contributed by atoms with van der Waals surface area (Å²) in [6, 6.07) is 1.81. The summed E-state index contributed by atoms with van der Waals surface area (Å²) >= 11 is 0. The van der Waals surface area contributed by atoms with Crippen LogP contribution in [-0.4, -0.2) is 29.1 Å². The number of hydrogen-bond donors (Lipinski definition) is 1. The molecule has 0 bridgehead atoms. The lowest BCUT2D eigenvalue weighted by atomic mass is 10.2. The number of hydrogen-bond acceptors (Lipinski definition) is 4. The summed E-state index contributed by atoms with van der Waals surface area (Å²) in [5.74, 6) is 0. The lowest BCUT2D eigenvalue weighted by Gasteiger charge is -2.13. The molecule has 0 aliphatic carbocycles. The zero-order valence-corrected chi connectivity index (χ0v) is 7.64. The van der Waals surface area contributed by atoms with Crippen LogP contribution in [0.15, 0.2) is 18.5 Å². The first-order valence-corrected chi connectivity index (χ1v) is 4.37. The molecule has 0 atom stereocenters. The molecular weight excluding hydrogens is 182 g/mol. The Kier molecular flexibility index (Phi) is 2.22. The molecule has 74 valence electrons. The number of cyclic esters (lactones) is 1. The average Bonchev–Trinajstić information content (AvgIpc) is 2.56. The summed E-state index contributed by atoms with van der Waals surface area (Å²) in [6.07, 6.45) is 2.96. The van der Waals surface area contributed by atoms with Gasteiger partial charge in [-0.15, -0.1) is 0 Å². The average molecular weight is 193 g/mol. The van der Waals surface area contributed by atoms with E-state index in [2.05, 4.69) is 4.98 Å². The molecule has 0 saturated carbocycles. The van der Waals surface area contributed by atoms with Crippen molar-refractivity contribution in [2.24, 2.45) is 0 Å². The van der Waals surface area contributed by atoms with Crippen LogP contribution in [0.1, 0.15) is 5.56 Å². The van der Waals surface area contributed by atoms with E-state index in [9.17, 15) is 4.79 Å². The molecule has 2 N–H and O–H groups in total. The number of carbonyl (C=O) groups is 1. The molecule has 5 heteroatoms. The molecule has 1 aliphatic rings. The van der Waals surface area contributed by atoms with E-state index in [1.54, 1.807) is 23.4 Å². The third-order valence-electron chi connectivity index (χ3n) is 2.15. The molecule has 14 heavy (non-hydrogen) atoms. The smallest absolute Gasteiger partial charge is 0.410 e. The maximum atomic E-state index is 11.1. The second-order valence-electron chi connectivity index (χ2n) is 3.11. The molecule has 1 aliphatic heterocycles. The van der Waals surface area contributed by atoms with Crippen molar-refractivity contribution in [3.8, 4) is 0 Å². The van der Waals surface area contributed by atoms with E-state index in [1.165, 1.54) is 0 Å². The predicted octanol–water partition coefficient (Wildman–Crippen LogP) is 0.616. The Morgan fingerprint density at radius 3 is 3.14 bits per heavy atom. The highest BCUT2D eigenvalue weighted by Gasteiger charge is 2.22. The Morgan fingerprint density at radius 2 is 2.50 bits per heavy atom. The van der Waals surface area contributed by atoms with Crippen molar-refractivity contribution in [3.63, 3.8) is 0 Å². The minimum atomic E-state index is -0.277. The van der Waals surface area contributed by atoms with Gasteiger partial charge in [-0.2, -0.15) is 0 Å². The molecule has 1 fully saturated rings. The van der Waals surface area contributed by atoms with Gasteiger partial charge in [0.2, 0.25) is 0 Å². The first-order valence-electron chi connectivity index (χ1n) is 4.37. The van der Waals surface area contributed by atoms with E-state index in [0.29, 0.717) is 25.4 Å². The molecule has 2 heterocycles. The number of aromatic nitrogens is 1. The Morgan fingerprint density at radius 1 is 1.64 bits per heavy atom. The fraction of sp³-hybridized carbons (Fsp3) is 0.333. The van der Waals surface area contributed by atoms with Gasteiger partial charge in [0.05, 0.1) is 25.0 Å². The lowest BCUT2D eigenvalue weighted by Crippen LogP contribution is -2.24. The highest BCUT2D eigenvalue weighted by Crippen LogP contribution is 2.14. The van der Waals surface area contributed by atoms with Gasteiger partial charge in [0.25, 0.3) is 0 Å². The molecule has 1 saturated heterocycles. The number of anilines is 1. The minimum Gasteiger partial charge on any atom is -0.448 e. The van der Waals surface area contributed by atoms with Gasteiger partial charge < -0.3 is 15.4 Å². The summed E-state index contributed by atoms with van der Waals surface area (Å²) in [5.41, 5.74) is 7.21. The molecular formula is C9H11N3O2. The van der Waals surface area contributed by atoms with Crippen molar-refractivity contribution in [1.29, 1.82) is 0 Å². The Labute approximate surface area is 81.5 Å². The van der Waals surface area contributed by atoms with Crippen molar-refractivity contribution < 1.29 is 9.53 Å². The van der Waals surface area contributed by atoms with E-state index in [-0.39, 0.29) is 6.09 Å². The number of amides is 1. The van der Waals surface area contributed by atoms with Crippen molar-refractivity contribution in [2.45, 2.75) is 6.54 Å². The Hall–Kier alpha value is -1.78. The van der Waals surface area contributed by atoms with Gasteiger partial charge in [-0.1, -0.05) is 0 Å². The van der Waals surface area contributed by atoms with Gasteiger partial charge in [-0.3, -0.25) is 4.98 Å². The van der Waals surface area contributed by atoms with Gasteiger partial charge >= 0.3 is 6.09 Å². The first-order chi connectivity index (χ1) is 6.77. The van der Waals surface area contributed by atoms with Gasteiger partial charge in [-0.05, 0) is 11.6 Å². The molecule has 2 rings (SSSR count). The van der Waals surface area contributed by atoms with Crippen LogP contribution in [0.5, 0.6) is 0 Å². The van der Waals surface area contributed by atoms with Gasteiger partial charge in [0.15, 0.2) is 0 Å². The fourth-order valence-electron chi connectivity index (χ4n) is 1.35. The highest BCUT2D eigenvalue weighted by molar-refractivity contribution is 5.69. The normalized spacial score (nSPS) is 15.7. The quantitative estimate of drug-likeness (QED) is 0.747. The molecule has 0 spiro atoms. The largest absolute Gasteiger partial charge is 0.448 e. The Bertz CT molecular complexity index is 354. The summed E-state index contributed by atoms with van der Waals surface area (Å²) in [6.45, 7) is 1.58. The second kappa shape index (κ2) is 3.53. The molecule has 0 unspecified atom stereocenters. The third-order valence-corrected chi connectivity index (χ3v) is 2.15. The van der Waals surface area contributed by atoms with Crippen LogP contribution in [0.2, 0.25) is 0 Å². The molecule has 0 aromatic carbocycles. The van der Waals surface area contributed by atoms with Crippen LogP contribution in [0.25, 0.3) is 0 Å². The number of nitrogen functional groups attached to an aromatic ring is 1.